The number of halogens is 1. The minimum atomic E-state index is -0.317. The number of anilines is 1. The van der Waals surface area contributed by atoms with E-state index < -0.39 is 0 Å². The summed E-state index contributed by atoms with van der Waals surface area (Å²) >= 11 is 0. The van der Waals surface area contributed by atoms with Gasteiger partial charge in [0.05, 0.1) is 12.5 Å². The molecule has 3 aromatic rings. The van der Waals surface area contributed by atoms with Gasteiger partial charge in [0.1, 0.15) is 11.5 Å². The first-order chi connectivity index (χ1) is 12.6. The van der Waals surface area contributed by atoms with Crippen molar-refractivity contribution >= 4 is 11.6 Å². The van der Waals surface area contributed by atoms with Crippen molar-refractivity contribution in [1.82, 2.24) is 14.9 Å². The summed E-state index contributed by atoms with van der Waals surface area (Å²) in [5.74, 6) is -0.517. The Labute approximate surface area is 152 Å². The van der Waals surface area contributed by atoms with Crippen LogP contribution in [0.3, 0.4) is 0 Å². The minimum absolute atomic E-state index is 0.200. The van der Waals surface area contributed by atoms with Crippen molar-refractivity contribution in [1.29, 1.82) is 0 Å². The lowest BCUT2D eigenvalue weighted by atomic mass is 10.2. The SMILES string of the molecule is CN(CCCNC(=O)c1cncn1-c1ccc(F)cc1)c1ccccc1. The quantitative estimate of drug-likeness (QED) is 0.664. The smallest absolute Gasteiger partial charge is 0.269 e. The summed E-state index contributed by atoms with van der Waals surface area (Å²) in [7, 11) is 2.03. The van der Waals surface area contributed by atoms with Crippen LogP contribution in [-0.2, 0) is 0 Å². The highest BCUT2D eigenvalue weighted by Crippen LogP contribution is 2.13. The fourth-order valence-electron chi connectivity index (χ4n) is 2.69. The highest BCUT2D eigenvalue weighted by molar-refractivity contribution is 5.92. The van der Waals surface area contributed by atoms with E-state index in [4.69, 9.17) is 0 Å². The van der Waals surface area contributed by atoms with Gasteiger partial charge in [-0.15, -0.1) is 0 Å². The average molecular weight is 352 g/mol. The normalized spacial score (nSPS) is 10.5. The third-order valence-corrected chi connectivity index (χ3v) is 4.13. The molecule has 2 aromatic carbocycles. The van der Waals surface area contributed by atoms with E-state index >= 15 is 0 Å². The van der Waals surface area contributed by atoms with Gasteiger partial charge in [-0.05, 0) is 42.8 Å². The zero-order valence-corrected chi connectivity index (χ0v) is 14.6. The summed E-state index contributed by atoms with van der Waals surface area (Å²) in [6, 6.07) is 16.0. The highest BCUT2D eigenvalue weighted by Gasteiger charge is 2.12. The summed E-state index contributed by atoms with van der Waals surface area (Å²) in [6.45, 7) is 1.39. The molecule has 0 radical (unpaired) electrons. The van der Waals surface area contributed by atoms with Crippen LogP contribution in [0, 0.1) is 5.82 Å². The van der Waals surface area contributed by atoms with E-state index in [2.05, 4.69) is 27.3 Å². The van der Waals surface area contributed by atoms with Crippen LogP contribution >= 0.6 is 0 Å². The van der Waals surface area contributed by atoms with Gasteiger partial charge in [-0.1, -0.05) is 18.2 Å². The molecule has 1 heterocycles. The van der Waals surface area contributed by atoms with E-state index in [-0.39, 0.29) is 11.7 Å². The number of hydrogen-bond acceptors (Lipinski definition) is 3. The van der Waals surface area contributed by atoms with E-state index in [9.17, 15) is 9.18 Å². The number of benzene rings is 2. The Balaban J connectivity index is 1.53. The number of hydrogen-bond donors (Lipinski definition) is 1. The van der Waals surface area contributed by atoms with Crippen LogP contribution in [0.15, 0.2) is 67.1 Å². The number of imidazole rings is 1. The van der Waals surface area contributed by atoms with Crippen molar-refractivity contribution in [3.05, 3.63) is 78.6 Å². The Hall–Kier alpha value is -3.15. The first-order valence-electron chi connectivity index (χ1n) is 8.48. The fourth-order valence-corrected chi connectivity index (χ4v) is 2.69. The minimum Gasteiger partial charge on any atom is -0.375 e. The molecule has 134 valence electrons. The molecule has 0 saturated heterocycles. The largest absolute Gasteiger partial charge is 0.375 e. The molecule has 5 nitrogen and oxygen atoms in total. The van der Waals surface area contributed by atoms with E-state index in [0.717, 1.165) is 18.7 Å². The van der Waals surface area contributed by atoms with Crippen LogP contribution in [0.2, 0.25) is 0 Å². The number of aromatic nitrogens is 2. The van der Waals surface area contributed by atoms with Crippen LogP contribution in [0.4, 0.5) is 10.1 Å². The van der Waals surface area contributed by atoms with Crippen LogP contribution < -0.4 is 10.2 Å². The molecular weight excluding hydrogens is 331 g/mol. The van der Waals surface area contributed by atoms with E-state index in [1.54, 1.807) is 23.0 Å². The number of nitrogens with zero attached hydrogens (tertiary/aromatic N) is 3. The fraction of sp³-hybridized carbons (Fsp3) is 0.200. The number of carbonyl (C=O) groups is 1. The monoisotopic (exact) mass is 352 g/mol. The molecule has 6 heteroatoms. The van der Waals surface area contributed by atoms with Gasteiger partial charge in [-0.25, -0.2) is 9.37 Å². The molecule has 26 heavy (non-hydrogen) atoms. The molecule has 0 bridgehead atoms. The van der Waals surface area contributed by atoms with E-state index in [0.29, 0.717) is 17.9 Å². The number of para-hydroxylation sites is 1. The lowest BCUT2D eigenvalue weighted by molar-refractivity contribution is 0.0946. The molecule has 0 saturated carbocycles. The van der Waals surface area contributed by atoms with Gasteiger partial charge in [-0.3, -0.25) is 9.36 Å². The third-order valence-electron chi connectivity index (χ3n) is 4.13. The molecule has 0 aliphatic rings. The lowest BCUT2D eigenvalue weighted by Crippen LogP contribution is -2.29. The maximum Gasteiger partial charge on any atom is 0.269 e. The first kappa shape index (κ1) is 17.7. The van der Waals surface area contributed by atoms with Crippen LogP contribution in [-0.4, -0.2) is 35.6 Å². The second-order valence-corrected chi connectivity index (χ2v) is 5.99. The molecule has 0 spiro atoms. The van der Waals surface area contributed by atoms with Crippen LogP contribution in [0.1, 0.15) is 16.9 Å². The van der Waals surface area contributed by atoms with Gasteiger partial charge >= 0.3 is 0 Å². The van der Waals surface area contributed by atoms with Crippen molar-refractivity contribution in [3.63, 3.8) is 0 Å². The standard InChI is InChI=1S/C20H21FN4O/c1-24(17-6-3-2-4-7-17)13-5-12-23-20(26)19-14-22-15-25(19)18-10-8-16(21)9-11-18/h2-4,6-11,14-15H,5,12-13H2,1H3,(H,23,26). The molecule has 0 aliphatic heterocycles. The molecule has 1 aromatic heterocycles. The van der Waals surface area contributed by atoms with Crippen molar-refractivity contribution in [2.24, 2.45) is 0 Å². The van der Waals surface area contributed by atoms with Gasteiger partial charge in [0.25, 0.3) is 5.91 Å². The van der Waals surface area contributed by atoms with Crippen LogP contribution in [0.5, 0.6) is 0 Å². The second kappa shape index (κ2) is 8.29. The predicted molar refractivity (Wildman–Crippen MR) is 100 cm³/mol. The number of rotatable bonds is 7. The number of nitrogens with one attached hydrogen (secondary N) is 1. The Morgan fingerprint density at radius 2 is 1.88 bits per heavy atom. The zero-order valence-electron chi connectivity index (χ0n) is 14.6. The molecule has 1 amide bonds. The van der Waals surface area contributed by atoms with Gasteiger partial charge < -0.3 is 10.2 Å². The topological polar surface area (TPSA) is 50.2 Å². The van der Waals surface area contributed by atoms with Gasteiger partial charge in [0, 0.05) is 31.5 Å². The van der Waals surface area contributed by atoms with Crippen molar-refractivity contribution < 1.29 is 9.18 Å². The zero-order chi connectivity index (χ0) is 18.4. The van der Waals surface area contributed by atoms with E-state index in [1.165, 1.54) is 18.3 Å². The van der Waals surface area contributed by atoms with Crippen molar-refractivity contribution in [2.75, 3.05) is 25.0 Å². The van der Waals surface area contributed by atoms with Gasteiger partial charge in [0.15, 0.2) is 0 Å². The van der Waals surface area contributed by atoms with Crippen molar-refractivity contribution in [2.45, 2.75) is 6.42 Å². The van der Waals surface area contributed by atoms with Crippen LogP contribution in [0.25, 0.3) is 5.69 Å². The Morgan fingerprint density at radius 1 is 1.15 bits per heavy atom. The molecule has 0 aliphatic carbocycles. The Morgan fingerprint density at radius 3 is 2.62 bits per heavy atom. The third kappa shape index (κ3) is 4.27. The number of amides is 1. The van der Waals surface area contributed by atoms with Gasteiger partial charge in [-0.2, -0.15) is 0 Å². The summed E-state index contributed by atoms with van der Waals surface area (Å²) in [6.07, 6.45) is 3.88. The summed E-state index contributed by atoms with van der Waals surface area (Å²) in [5.41, 5.74) is 2.26. The lowest BCUT2D eigenvalue weighted by Gasteiger charge is -2.19. The summed E-state index contributed by atoms with van der Waals surface area (Å²) < 4.78 is 14.7. The number of carbonyl (C=O) groups excluding carboxylic acids is 1. The maximum absolute atomic E-state index is 13.1. The summed E-state index contributed by atoms with van der Waals surface area (Å²) in [5, 5.41) is 2.91. The molecule has 0 atom stereocenters. The predicted octanol–water partition coefficient (Wildman–Crippen LogP) is 3.27. The molecule has 3 rings (SSSR count). The first-order valence-corrected chi connectivity index (χ1v) is 8.48. The van der Waals surface area contributed by atoms with Gasteiger partial charge in [0.2, 0.25) is 0 Å². The Bertz CT molecular complexity index is 846. The molecule has 0 unspecified atom stereocenters. The average Bonchev–Trinajstić information content (AvgIpc) is 3.16. The van der Waals surface area contributed by atoms with Crippen molar-refractivity contribution in [3.8, 4) is 5.69 Å². The maximum atomic E-state index is 13.1. The second-order valence-electron chi connectivity index (χ2n) is 5.99. The molecule has 0 fully saturated rings. The highest BCUT2D eigenvalue weighted by atomic mass is 19.1. The Kier molecular flexibility index (Phi) is 5.63. The molecular formula is C20H21FN4O. The van der Waals surface area contributed by atoms with E-state index in [1.807, 2.05) is 25.2 Å². The molecule has 1 N–H and O–H groups in total. The summed E-state index contributed by atoms with van der Waals surface area (Å²) in [4.78, 5) is 18.6.